The maximum Gasteiger partial charge on any atom is 0.352 e. The van der Waals surface area contributed by atoms with E-state index in [1.165, 1.54) is 11.8 Å². The van der Waals surface area contributed by atoms with Crippen molar-refractivity contribution in [3.63, 3.8) is 0 Å². The lowest BCUT2D eigenvalue weighted by Crippen LogP contribution is -2.70. The number of nitroso groups, excluding NO2 is 1. The molecule has 5 rings (SSSR count). The molecule has 0 spiro atoms. The molecule has 6 N–H and O–H groups in total. The van der Waals surface area contributed by atoms with Gasteiger partial charge in [0.15, 0.2) is 5.82 Å². The van der Waals surface area contributed by atoms with Crippen molar-refractivity contribution in [1.29, 1.82) is 0 Å². The second kappa shape index (κ2) is 15.4. The van der Waals surface area contributed by atoms with Crippen LogP contribution in [0.1, 0.15) is 51.4 Å². The molecule has 0 aromatic carbocycles. The maximum atomic E-state index is 13.2. The van der Waals surface area contributed by atoms with Gasteiger partial charge in [-0.05, 0) is 42.1 Å². The maximum absolute atomic E-state index is 13.2. The molecule has 4 aliphatic heterocycles. The number of rotatable bonds is 14. The fraction of sp³-hybridized carbons (Fsp3) is 0.552. The number of β-lactam (4-membered cyclic amide) rings is 1. The van der Waals surface area contributed by atoms with Gasteiger partial charge < -0.3 is 36.4 Å². The van der Waals surface area contributed by atoms with E-state index in [2.05, 4.69) is 35.8 Å². The summed E-state index contributed by atoms with van der Waals surface area (Å²) in [6.45, 7) is 5.29. The van der Waals surface area contributed by atoms with Crippen molar-refractivity contribution in [2.75, 3.05) is 30.7 Å². The third kappa shape index (κ3) is 7.68. The van der Waals surface area contributed by atoms with E-state index in [1.807, 2.05) is 0 Å². The minimum Gasteiger partial charge on any atom is -0.480 e. The molecule has 268 valence electrons. The van der Waals surface area contributed by atoms with Gasteiger partial charge in [-0.3, -0.25) is 28.9 Å². The molecular weight excluding hydrogens is 699 g/mol. The Balaban J connectivity index is 1.17. The van der Waals surface area contributed by atoms with Crippen LogP contribution in [0.2, 0.25) is 0 Å². The highest BCUT2D eigenvalue weighted by Gasteiger charge is 2.54. The Labute approximate surface area is 292 Å². The van der Waals surface area contributed by atoms with Gasteiger partial charge in [0, 0.05) is 54.8 Å². The number of carboxylic acids is 2. The summed E-state index contributed by atoms with van der Waals surface area (Å²) in [6.07, 6.45) is 2.20. The summed E-state index contributed by atoms with van der Waals surface area (Å²) in [5.41, 5.74) is 0.493. The number of carboxylic acid groups (broad SMARTS) is 2. The molecule has 21 heteroatoms. The van der Waals surface area contributed by atoms with E-state index in [1.54, 1.807) is 24.8 Å². The highest BCUT2D eigenvalue weighted by molar-refractivity contribution is 8.00. The Morgan fingerprint density at radius 3 is 2.52 bits per heavy atom. The number of likely N-dealkylation sites (tertiary alicyclic amines) is 1. The molecule has 2 unspecified atom stereocenters. The molecule has 50 heavy (non-hydrogen) atoms. The van der Waals surface area contributed by atoms with E-state index >= 15 is 0 Å². The summed E-state index contributed by atoms with van der Waals surface area (Å²) in [5, 5.41) is 31.5. The highest BCUT2D eigenvalue weighted by atomic mass is 32.2. The van der Waals surface area contributed by atoms with Crippen molar-refractivity contribution in [3.8, 4) is 0 Å². The van der Waals surface area contributed by atoms with Crippen LogP contribution >= 0.6 is 23.3 Å². The fourth-order valence-corrected chi connectivity index (χ4v) is 7.92. The van der Waals surface area contributed by atoms with Gasteiger partial charge in [0.25, 0.3) is 11.8 Å². The van der Waals surface area contributed by atoms with Crippen LogP contribution in [0.25, 0.3) is 0 Å². The van der Waals surface area contributed by atoms with Gasteiger partial charge in [0.2, 0.25) is 28.9 Å². The Bertz CT molecular complexity index is 1670. The van der Waals surface area contributed by atoms with E-state index < -0.39 is 59.1 Å². The van der Waals surface area contributed by atoms with Gasteiger partial charge in [-0.25, -0.2) is 14.6 Å². The Morgan fingerprint density at radius 2 is 1.88 bits per heavy atom. The van der Waals surface area contributed by atoms with Crippen LogP contribution in [-0.4, -0.2) is 120 Å². The lowest BCUT2D eigenvalue weighted by atomic mass is 10.0. The summed E-state index contributed by atoms with van der Waals surface area (Å²) in [5.74, 6) is -6.36. The number of hydrogen-bond donors (Lipinski definition) is 6. The van der Waals surface area contributed by atoms with E-state index in [4.69, 9.17) is 0 Å². The molecule has 5 heterocycles. The second-order valence-electron chi connectivity index (χ2n) is 12.3. The third-order valence-electron chi connectivity index (χ3n) is 8.59. The quantitative estimate of drug-likeness (QED) is 0.0804. The topological polar surface area (TPSA) is 270 Å². The summed E-state index contributed by atoms with van der Waals surface area (Å²) in [7, 11) is 0. The van der Waals surface area contributed by atoms with E-state index in [0.29, 0.717) is 42.2 Å². The Kier molecular flexibility index (Phi) is 11.3. The first-order valence-electron chi connectivity index (χ1n) is 15.7. The smallest absolute Gasteiger partial charge is 0.352 e. The number of aromatic nitrogens is 2. The summed E-state index contributed by atoms with van der Waals surface area (Å²) in [6, 6.07) is -4.02. The van der Waals surface area contributed by atoms with Gasteiger partial charge in [0.05, 0.1) is 0 Å². The molecule has 3 fully saturated rings. The lowest BCUT2D eigenvalue weighted by molar-refractivity contribution is -0.150. The van der Waals surface area contributed by atoms with Crippen LogP contribution in [0.5, 0.6) is 0 Å². The summed E-state index contributed by atoms with van der Waals surface area (Å²) < 4.78 is 3.91. The number of hydrogen-bond acceptors (Lipinski definition) is 14. The largest absolute Gasteiger partial charge is 0.480 e. The van der Waals surface area contributed by atoms with Crippen LogP contribution < -0.4 is 21.3 Å². The Morgan fingerprint density at radius 1 is 1.14 bits per heavy atom. The van der Waals surface area contributed by atoms with Crippen LogP contribution in [0, 0.1) is 10.8 Å². The first-order chi connectivity index (χ1) is 23.8. The second-order valence-corrected chi connectivity index (χ2v) is 14.1. The molecule has 5 atom stereocenters. The third-order valence-corrected chi connectivity index (χ3v) is 10.5. The molecule has 0 saturated carbocycles. The number of thioether (sulfide) groups is 1. The minimum atomic E-state index is -1.80. The van der Waals surface area contributed by atoms with Crippen molar-refractivity contribution < 1.29 is 43.8 Å². The number of amides is 5. The number of nitrogens with one attached hydrogen (secondary N) is 4. The number of allylic oxidation sites excluding steroid dienone is 1. The molecule has 19 nitrogen and oxygen atoms in total. The average Bonchev–Trinajstić information content (AvgIpc) is 3.84. The summed E-state index contributed by atoms with van der Waals surface area (Å²) in [4.78, 5) is 106. The number of fused-ring (bicyclic) bond motifs is 1. The zero-order valence-electron chi connectivity index (χ0n) is 26.9. The normalized spacial score (nSPS) is 23.7. The van der Waals surface area contributed by atoms with Crippen LogP contribution in [-0.2, 0) is 33.6 Å². The molecule has 1 aromatic heterocycles. The number of aliphatic carboxylic acids is 2. The molecule has 5 amide bonds. The monoisotopic (exact) mass is 733 g/mol. The number of nitrogens with zero attached hydrogens (tertiary/aromatic N) is 5. The molecular formula is C29H35N9O10S2. The van der Waals surface area contributed by atoms with E-state index in [9.17, 15) is 48.7 Å². The zero-order chi connectivity index (χ0) is 36.3. The van der Waals surface area contributed by atoms with Crippen LogP contribution in [0.3, 0.4) is 0 Å². The Hall–Kier alpha value is -4.76. The lowest BCUT2D eigenvalue weighted by Gasteiger charge is -2.49. The number of carbonyl (C=O) groups is 7. The number of anilines is 1. The highest BCUT2D eigenvalue weighted by Crippen LogP contribution is 2.41. The van der Waals surface area contributed by atoms with Crippen molar-refractivity contribution in [2.24, 2.45) is 11.1 Å². The average molecular weight is 734 g/mol. The molecule has 0 radical (unpaired) electrons. The molecule has 3 saturated heterocycles. The van der Waals surface area contributed by atoms with Gasteiger partial charge >= 0.3 is 11.9 Å². The minimum absolute atomic E-state index is 0.0816. The van der Waals surface area contributed by atoms with Gasteiger partial charge in [-0.15, -0.1) is 16.7 Å². The molecule has 0 aliphatic carbocycles. The van der Waals surface area contributed by atoms with Gasteiger partial charge in [0.1, 0.15) is 23.2 Å². The predicted octanol–water partition coefficient (Wildman–Crippen LogP) is -0.451. The molecule has 1 aromatic rings. The van der Waals surface area contributed by atoms with Crippen molar-refractivity contribution >= 4 is 69.9 Å². The van der Waals surface area contributed by atoms with Crippen molar-refractivity contribution in [1.82, 2.24) is 35.1 Å². The van der Waals surface area contributed by atoms with E-state index in [0.717, 1.165) is 17.9 Å². The zero-order valence-corrected chi connectivity index (χ0v) is 28.5. The van der Waals surface area contributed by atoms with Crippen LogP contribution in [0.4, 0.5) is 5.13 Å². The van der Waals surface area contributed by atoms with Crippen LogP contribution in [0.15, 0.2) is 28.1 Å². The van der Waals surface area contributed by atoms with Gasteiger partial charge in [-0.1, -0.05) is 13.8 Å². The van der Waals surface area contributed by atoms with Crippen molar-refractivity contribution in [3.05, 3.63) is 33.7 Å². The molecule has 0 bridgehead atoms. The molecule has 4 aliphatic rings. The number of carbonyl (C=O) groups excluding carboxylic acids is 5. The predicted molar refractivity (Wildman–Crippen MR) is 176 cm³/mol. The fourth-order valence-electron chi connectivity index (χ4n) is 6.00. The van der Waals surface area contributed by atoms with Crippen molar-refractivity contribution in [2.45, 2.75) is 69.1 Å². The first kappa shape index (κ1) is 36.5. The summed E-state index contributed by atoms with van der Waals surface area (Å²) >= 11 is 1.83. The van der Waals surface area contributed by atoms with Gasteiger partial charge in [-0.2, -0.15) is 4.37 Å². The van der Waals surface area contributed by atoms with E-state index in [-0.39, 0.29) is 53.1 Å². The SMILES string of the molecule is CC(C)[C@H](NC(=O)CCC(=O)Nc1nc(C(N=O)C(=O)N[C@@H]2C(=O)N3C(C(=O)O)=C(C=C4CCN(C5CCNC5)C4=O)CS[C@H]23)ns1)C(=O)O. The standard InChI is InChI=1S/C29H35N9O10S2/c1-12(2)18(27(44)45)31-16(39)3-4-17(40)32-29-34-22(36-50-29)19(35-48)23(41)33-20-25(43)38-21(28(46)47)14(11-49-26(20)38)9-13-6-8-37(24(13)42)15-5-7-30-10-15/h9,12,15,18-20,26,30H,3-8,10-11H2,1-2H3,(H,31,39)(H,33,41)(H,44,45)(H,46,47)(H,32,34,36,40)/t15?,18-,19?,20+,26+/m0/s1. The first-order valence-corrected chi connectivity index (χ1v) is 17.5.